The van der Waals surface area contributed by atoms with E-state index in [0.717, 1.165) is 11.1 Å². The predicted molar refractivity (Wildman–Crippen MR) is 137 cm³/mol. The van der Waals surface area contributed by atoms with Crippen LogP contribution in [0, 0.1) is 30.9 Å². The zero-order chi connectivity index (χ0) is 26.0. The lowest BCUT2D eigenvalue weighted by Gasteiger charge is -2.19. The number of anilines is 1. The third-order valence-corrected chi connectivity index (χ3v) is 5.92. The molecule has 0 atom stereocenters. The minimum absolute atomic E-state index is 0.0736. The average Bonchev–Trinajstić information content (AvgIpc) is 2.88. The molecule has 0 aliphatic rings. The van der Waals surface area contributed by atoms with Crippen molar-refractivity contribution in [3.8, 4) is 22.6 Å². The Hall–Kier alpha value is -4.79. The molecule has 3 aromatic carbocycles. The molecule has 182 valence electrons. The zero-order valence-corrected chi connectivity index (χ0v) is 20.2. The lowest BCUT2D eigenvalue weighted by molar-refractivity contribution is -0.384. The van der Waals surface area contributed by atoms with E-state index in [0.29, 0.717) is 17.0 Å². The number of nitro benzene ring substituents is 1. The van der Waals surface area contributed by atoms with E-state index >= 15 is 0 Å². The molecule has 0 aliphatic carbocycles. The number of nitrogens with zero attached hydrogens (tertiary/aromatic N) is 3. The molecule has 0 aliphatic heterocycles. The molecule has 4 rings (SSSR count). The SMILES string of the molecule is COc1ccc(-c2c(NC(=O)c3cccc([N+](=O)[O-])c3)n(-c3ccc(C)c(C)c3)nc(C)c2=O)cc1. The molecule has 9 heteroatoms. The van der Waals surface area contributed by atoms with Crippen molar-refractivity contribution < 1.29 is 14.5 Å². The number of carbonyl (C=O) groups excluding carboxylic acids is 1. The van der Waals surface area contributed by atoms with E-state index in [1.807, 2.05) is 32.0 Å². The molecule has 0 spiro atoms. The summed E-state index contributed by atoms with van der Waals surface area (Å²) in [5.74, 6) is 0.146. The van der Waals surface area contributed by atoms with Crippen LogP contribution >= 0.6 is 0 Å². The van der Waals surface area contributed by atoms with E-state index in [9.17, 15) is 19.7 Å². The molecule has 0 saturated heterocycles. The Morgan fingerprint density at radius 3 is 2.36 bits per heavy atom. The molecule has 0 radical (unpaired) electrons. The zero-order valence-electron chi connectivity index (χ0n) is 20.2. The van der Waals surface area contributed by atoms with Gasteiger partial charge in [-0.1, -0.05) is 24.3 Å². The van der Waals surface area contributed by atoms with E-state index < -0.39 is 10.8 Å². The van der Waals surface area contributed by atoms with Crippen LogP contribution in [0.15, 0.2) is 71.5 Å². The Morgan fingerprint density at radius 2 is 1.72 bits per heavy atom. The lowest BCUT2D eigenvalue weighted by atomic mass is 10.0. The van der Waals surface area contributed by atoms with Gasteiger partial charge in [0.25, 0.3) is 11.6 Å². The number of benzene rings is 3. The van der Waals surface area contributed by atoms with E-state index in [-0.39, 0.29) is 33.8 Å². The maximum Gasteiger partial charge on any atom is 0.270 e. The number of methoxy groups -OCH3 is 1. The van der Waals surface area contributed by atoms with Gasteiger partial charge in [-0.15, -0.1) is 0 Å². The van der Waals surface area contributed by atoms with Gasteiger partial charge in [0.15, 0.2) is 0 Å². The van der Waals surface area contributed by atoms with Gasteiger partial charge < -0.3 is 10.1 Å². The Kier molecular flexibility index (Phi) is 6.64. The van der Waals surface area contributed by atoms with Crippen LogP contribution < -0.4 is 15.5 Å². The fourth-order valence-corrected chi connectivity index (χ4v) is 3.77. The summed E-state index contributed by atoms with van der Waals surface area (Å²) in [4.78, 5) is 37.3. The third-order valence-electron chi connectivity index (χ3n) is 5.92. The predicted octanol–water partition coefficient (Wildman–Crippen LogP) is 4.99. The van der Waals surface area contributed by atoms with Crippen LogP contribution in [0.1, 0.15) is 27.2 Å². The minimum Gasteiger partial charge on any atom is -0.497 e. The Balaban J connectivity index is 1.95. The fourth-order valence-electron chi connectivity index (χ4n) is 3.77. The maximum atomic E-state index is 13.4. The molecule has 0 saturated carbocycles. The van der Waals surface area contributed by atoms with Crippen LogP contribution in [-0.4, -0.2) is 27.7 Å². The molecule has 1 N–H and O–H groups in total. The number of non-ortho nitro benzene ring substituents is 1. The van der Waals surface area contributed by atoms with Crippen LogP contribution in [0.3, 0.4) is 0 Å². The smallest absolute Gasteiger partial charge is 0.270 e. The van der Waals surface area contributed by atoms with Crippen LogP contribution in [-0.2, 0) is 0 Å². The molecule has 1 aromatic heterocycles. The van der Waals surface area contributed by atoms with Crippen LogP contribution in [0.5, 0.6) is 5.75 Å². The molecule has 36 heavy (non-hydrogen) atoms. The van der Waals surface area contributed by atoms with E-state index in [1.54, 1.807) is 38.3 Å². The highest BCUT2D eigenvalue weighted by Gasteiger charge is 2.22. The van der Waals surface area contributed by atoms with Gasteiger partial charge in [-0.25, -0.2) is 4.68 Å². The Labute approximate surface area is 207 Å². The molecule has 0 unspecified atom stereocenters. The van der Waals surface area contributed by atoms with Gasteiger partial charge in [0.1, 0.15) is 17.3 Å². The van der Waals surface area contributed by atoms with Crippen molar-refractivity contribution in [2.75, 3.05) is 12.4 Å². The summed E-state index contributed by atoms with van der Waals surface area (Å²) in [6.07, 6.45) is 0. The first-order valence-corrected chi connectivity index (χ1v) is 11.1. The normalized spacial score (nSPS) is 10.7. The summed E-state index contributed by atoms with van der Waals surface area (Å²) in [5, 5.41) is 18.5. The summed E-state index contributed by atoms with van der Waals surface area (Å²) < 4.78 is 6.75. The summed E-state index contributed by atoms with van der Waals surface area (Å²) in [6, 6.07) is 18.0. The van der Waals surface area contributed by atoms with Gasteiger partial charge in [-0.05, 0) is 67.8 Å². The number of nitro groups is 1. The third kappa shape index (κ3) is 4.72. The van der Waals surface area contributed by atoms with E-state index in [1.165, 1.54) is 28.9 Å². The first kappa shape index (κ1) is 24.3. The van der Waals surface area contributed by atoms with Crippen LogP contribution in [0.4, 0.5) is 11.5 Å². The quantitative estimate of drug-likeness (QED) is 0.304. The van der Waals surface area contributed by atoms with E-state index in [2.05, 4.69) is 10.4 Å². The summed E-state index contributed by atoms with van der Waals surface area (Å²) in [5.41, 5.74) is 3.27. The standard InChI is InChI=1S/C27H24N4O5/c1-16-8-11-21(14-17(16)2)30-26(28-27(33)20-6-5-7-22(15-20)31(34)35)24(25(32)18(3)29-30)19-9-12-23(36-4)13-10-19/h5-15H,1-4H3,(H,28,33). The second-order valence-electron chi connectivity index (χ2n) is 8.31. The lowest BCUT2D eigenvalue weighted by Crippen LogP contribution is -2.25. The second kappa shape index (κ2) is 9.83. The number of hydrogen-bond donors (Lipinski definition) is 1. The van der Waals surface area contributed by atoms with Gasteiger partial charge in [0, 0.05) is 17.7 Å². The number of carbonyl (C=O) groups is 1. The Morgan fingerprint density at radius 1 is 1.00 bits per heavy atom. The van der Waals surface area contributed by atoms with Crippen molar-refractivity contribution in [3.63, 3.8) is 0 Å². The highest BCUT2D eigenvalue weighted by molar-refractivity contribution is 6.06. The van der Waals surface area contributed by atoms with Crippen LogP contribution in [0.2, 0.25) is 0 Å². The first-order valence-electron chi connectivity index (χ1n) is 11.1. The fraction of sp³-hybridized carbons (Fsp3) is 0.148. The van der Waals surface area contributed by atoms with Crippen molar-refractivity contribution >= 4 is 17.4 Å². The number of amides is 1. The van der Waals surface area contributed by atoms with Crippen molar-refractivity contribution in [1.29, 1.82) is 0 Å². The molecule has 9 nitrogen and oxygen atoms in total. The average molecular weight is 485 g/mol. The Bertz CT molecular complexity index is 1540. The van der Waals surface area contributed by atoms with Crippen molar-refractivity contribution in [1.82, 2.24) is 9.78 Å². The van der Waals surface area contributed by atoms with Gasteiger partial charge >= 0.3 is 0 Å². The van der Waals surface area contributed by atoms with Crippen LogP contribution in [0.25, 0.3) is 16.8 Å². The number of aromatic nitrogens is 2. The number of aryl methyl sites for hydroxylation is 3. The minimum atomic E-state index is -0.615. The van der Waals surface area contributed by atoms with Crippen molar-refractivity contribution in [2.45, 2.75) is 20.8 Å². The van der Waals surface area contributed by atoms with Gasteiger partial charge in [-0.3, -0.25) is 19.7 Å². The van der Waals surface area contributed by atoms with Gasteiger partial charge in [0.05, 0.1) is 23.3 Å². The highest BCUT2D eigenvalue weighted by Crippen LogP contribution is 2.30. The van der Waals surface area contributed by atoms with Gasteiger partial charge in [-0.2, -0.15) is 5.10 Å². The molecule has 0 bridgehead atoms. The maximum absolute atomic E-state index is 13.4. The van der Waals surface area contributed by atoms with Gasteiger partial charge in [0.2, 0.25) is 5.43 Å². The molecule has 1 amide bonds. The number of hydrogen-bond acceptors (Lipinski definition) is 6. The largest absolute Gasteiger partial charge is 0.497 e. The number of ether oxygens (including phenoxy) is 1. The topological polar surface area (TPSA) is 116 Å². The number of nitrogens with one attached hydrogen (secondary N) is 1. The molecular weight excluding hydrogens is 460 g/mol. The monoisotopic (exact) mass is 484 g/mol. The summed E-state index contributed by atoms with van der Waals surface area (Å²) >= 11 is 0. The summed E-state index contributed by atoms with van der Waals surface area (Å²) in [7, 11) is 1.54. The first-order chi connectivity index (χ1) is 17.2. The summed E-state index contributed by atoms with van der Waals surface area (Å²) in [6.45, 7) is 5.55. The molecule has 4 aromatic rings. The van der Waals surface area contributed by atoms with Crippen molar-refractivity contribution in [2.24, 2.45) is 0 Å². The molecule has 1 heterocycles. The second-order valence-corrected chi connectivity index (χ2v) is 8.31. The van der Waals surface area contributed by atoms with E-state index in [4.69, 9.17) is 4.74 Å². The highest BCUT2D eigenvalue weighted by atomic mass is 16.6. The molecular formula is C27H24N4O5. The number of rotatable bonds is 6. The molecule has 0 fully saturated rings. The van der Waals surface area contributed by atoms with Crippen molar-refractivity contribution in [3.05, 3.63) is 109 Å².